The third kappa shape index (κ3) is 2.57. The fourth-order valence-corrected chi connectivity index (χ4v) is 6.23. The molecular weight excluding hydrogens is 320 g/mol. The molecule has 2 atom stereocenters. The zero-order valence-corrected chi connectivity index (χ0v) is 14.7. The zero-order valence-electron chi connectivity index (χ0n) is 13.9. The molecule has 4 nitrogen and oxygen atoms in total. The van der Waals surface area contributed by atoms with Crippen LogP contribution in [0.15, 0.2) is 59.5 Å². The van der Waals surface area contributed by atoms with E-state index >= 15 is 0 Å². The smallest absolute Gasteiger partial charge is 0.182 e. The summed E-state index contributed by atoms with van der Waals surface area (Å²) in [6.45, 7) is 2.62. The van der Waals surface area contributed by atoms with E-state index in [0.29, 0.717) is 4.90 Å². The number of benzene rings is 2. The molecule has 24 heavy (non-hydrogen) atoms. The molecule has 1 fully saturated rings. The second-order valence-electron chi connectivity index (χ2n) is 6.49. The molecule has 0 bridgehead atoms. The normalized spacial score (nSPS) is 22.3. The summed E-state index contributed by atoms with van der Waals surface area (Å²) >= 11 is 0. The van der Waals surface area contributed by atoms with E-state index in [4.69, 9.17) is 11.5 Å². The quantitative estimate of drug-likeness (QED) is 0.840. The molecule has 1 aliphatic carbocycles. The standard InChI is InChI=1S/C19H24N2O2S/c1-2-14-8-10-15(11-9-14)17-18(19(17,12-20)13-21)24(22,23)16-6-4-3-5-7-16/h3-11,17-18H,2,12-13,20-21H2,1H3/t17-,18+/m1/s1. The Morgan fingerprint density at radius 2 is 1.54 bits per heavy atom. The van der Waals surface area contributed by atoms with Crippen LogP contribution in [0.5, 0.6) is 0 Å². The van der Waals surface area contributed by atoms with Crippen LogP contribution in [0.3, 0.4) is 0 Å². The number of hydrogen-bond acceptors (Lipinski definition) is 4. The molecule has 0 heterocycles. The lowest BCUT2D eigenvalue weighted by atomic mass is 9.98. The van der Waals surface area contributed by atoms with Gasteiger partial charge in [0.25, 0.3) is 0 Å². The fourth-order valence-electron chi connectivity index (χ4n) is 3.74. The largest absolute Gasteiger partial charge is 0.330 e. The van der Waals surface area contributed by atoms with Gasteiger partial charge in [0.05, 0.1) is 10.1 Å². The predicted molar refractivity (Wildman–Crippen MR) is 96.5 cm³/mol. The Labute approximate surface area is 143 Å². The van der Waals surface area contributed by atoms with Gasteiger partial charge in [-0.15, -0.1) is 0 Å². The van der Waals surface area contributed by atoms with Crippen molar-refractivity contribution in [2.45, 2.75) is 29.4 Å². The van der Waals surface area contributed by atoms with Crippen molar-refractivity contribution in [3.8, 4) is 0 Å². The van der Waals surface area contributed by atoms with Gasteiger partial charge in [-0.25, -0.2) is 8.42 Å². The summed E-state index contributed by atoms with van der Waals surface area (Å²) in [6.07, 6.45) is 0.954. The maximum absolute atomic E-state index is 13.1. The van der Waals surface area contributed by atoms with Crippen LogP contribution >= 0.6 is 0 Å². The Hall–Kier alpha value is -1.69. The molecule has 4 N–H and O–H groups in total. The van der Waals surface area contributed by atoms with Gasteiger partial charge in [0, 0.05) is 24.4 Å². The van der Waals surface area contributed by atoms with Crippen molar-refractivity contribution in [2.24, 2.45) is 16.9 Å². The van der Waals surface area contributed by atoms with Gasteiger partial charge in [0.1, 0.15) is 0 Å². The molecule has 0 spiro atoms. The van der Waals surface area contributed by atoms with E-state index in [9.17, 15) is 8.42 Å². The maximum atomic E-state index is 13.1. The third-order valence-electron chi connectivity index (χ3n) is 5.29. The van der Waals surface area contributed by atoms with Crippen molar-refractivity contribution in [3.63, 3.8) is 0 Å². The number of nitrogens with two attached hydrogens (primary N) is 2. The number of aryl methyl sites for hydroxylation is 1. The maximum Gasteiger partial charge on any atom is 0.182 e. The Morgan fingerprint density at radius 1 is 0.958 bits per heavy atom. The summed E-state index contributed by atoms with van der Waals surface area (Å²) in [6, 6.07) is 16.7. The van der Waals surface area contributed by atoms with E-state index in [1.807, 2.05) is 18.2 Å². The van der Waals surface area contributed by atoms with Crippen LogP contribution in [0.25, 0.3) is 0 Å². The molecule has 0 aliphatic heterocycles. The van der Waals surface area contributed by atoms with Crippen molar-refractivity contribution in [3.05, 3.63) is 65.7 Å². The van der Waals surface area contributed by atoms with Gasteiger partial charge in [-0.1, -0.05) is 49.4 Å². The Balaban J connectivity index is 2.02. The van der Waals surface area contributed by atoms with Crippen LogP contribution < -0.4 is 11.5 Å². The Morgan fingerprint density at radius 3 is 2.04 bits per heavy atom. The molecule has 3 rings (SSSR count). The van der Waals surface area contributed by atoms with Crippen LogP contribution in [0.4, 0.5) is 0 Å². The van der Waals surface area contributed by atoms with Crippen LogP contribution in [0.2, 0.25) is 0 Å². The lowest BCUT2D eigenvalue weighted by molar-refractivity contribution is 0.510. The summed E-state index contributed by atoms with van der Waals surface area (Å²) < 4.78 is 26.2. The highest BCUT2D eigenvalue weighted by molar-refractivity contribution is 7.92. The van der Waals surface area contributed by atoms with Gasteiger partial charge >= 0.3 is 0 Å². The van der Waals surface area contributed by atoms with Gasteiger partial charge in [-0.05, 0) is 29.7 Å². The summed E-state index contributed by atoms with van der Waals surface area (Å²) in [5.41, 5.74) is 13.6. The first kappa shape index (κ1) is 17.1. The first-order chi connectivity index (χ1) is 11.5. The van der Waals surface area contributed by atoms with E-state index in [1.54, 1.807) is 24.3 Å². The molecule has 1 aliphatic rings. The highest BCUT2D eigenvalue weighted by Gasteiger charge is 2.69. The predicted octanol–water partition coefficient (Wildman–Crippen LogP) is 2.09. The van der Waals surface area contributed by atoms with E-state index in [2.05, 4.69) is 19.1 Å². The molecule has 1 saturated carbocycles. The van der Waals surface area contributed by atoms with Crippen molar-refractivity contribution in [1.29, 1.82) is 0 Å². The molecule has 128 valence electrons. The van der Waals surface area contributed by atoms with Gasteiger partial charge in [-0.2, -0.15) is 0 Å². The highest BCUT2D eigenvalue weighted by Crippen LogP contribution is 2.62. The molecule has 5 heteroatoms. The van der Waals surface area contributed by atoms with E-state index in [0.717, 1.165) is 12.0 Å². The fraction of sp³-hybridized carbons (Fsp3) is 0.368. The average Bonchev–Trinajstić information content (AvgIpc) is 3.33. The molecule has 0 radical (unpaired) electrons. The first-order valence-electron chi connectivity index (χ1n) is 8.29. The minimum atomic E-state index is -3.47. The summed E-state index contributed by atoms with van der Waals surface area (Å²) in [4.78, 5) is 0.342. The third-order valence-corrected chi connectivity index (χ3v) is 7.63. The number of hydrogen-bond donors (Lipinski definition) is 2. The lowest BCUT2D eigenvalue weighted by Crippen LogP contribution is -2.31. The minimum Gasteiger partial charge on any atom is -0.330 e. The number of sulfone groups is 1. The average molecular weight is 344 g/mol. The summed E-state index contributed by atoms with van der Waals surface area (Å²) in [7, 11) is -3.47. The highest BCUT2D eigenvalue weighted by atomic mass is 32.2. The SMILES string of the molecule is CCc1ccc([C@@H]2[C@H](S(=O)(=O)c3ccccc3)C2(CN)CN)cc1. The first-order valence-corrected chi connectivity index (χ1v) is 9.84. The Bertz CT molecular complexity index is 797. The van der Waals surface area contributed by atoms with Gasteiger partial charge in [0.2, 0.25) is 0 Å². The van der Waals surface area contributed by atoms with Crippen LogP contribution in [-0.2, 0) is 16.3 Å². The summed E-state index contributed by atoms with van der Waals surface area (Å²) in [5, 5.41) is -0.560. The molecular formula is C19H24N2O2S. The van der Waals surface area contributed by atoms with Gasteiger partial charge in [-0.3, -0.25) is 0 Å². The van der Waals surface area contributed by atoms with Gasteiger partial charge in [0.15, 0.2) is 9.84 Å². The van der Waals surface area contributed by atoms with Gasteiger partial charge < -0.3 is 11.5 Å². The second kappa shape index (κ2) is 6.31. The van der Waals surface area contributed by atoms with Crippen LogP contribution in [0.1, 0.15) is 24.0 Å². The van der Waals surface area contributed by atoms with Crippen LogP contribution in [-0.4, -0.2) is 26.8 Å². The lowest BCUT2D eigenvalue weighted by Gasteiger charge is -2.13. The van der Waals surface area contributed by atoms with Crippen molar-refractivity contribution >= 4 is 9.84 Å². The van der Waals surface area contributed by atoms with Crippen molar-refractivity contribution < 1.29 is 8.42 Å². The zero-order chi connectivity index (χ0) is 17.4. The second-order valence-corrected chi connectivity index (χ2v) is 8.56. The Kier molecular flexibility index (Phi) is 4.51. The van der Waals surface area contributed by atoms with Crippen molar-refractivity contribution in [1.82, 2.24) is 0 Å². The van der Waals surface area contributed by atoms with E-state index < -0.39 is 20.5 Å². The van der Waals surface area contributed by atoms with Crippen LogP contribution in [0, 0.1) is 5.41 Å². The molecule has 0 unspecified atom stereocenters. The number of rotatable bonds is 6. The van der Waals surface area contributed by atoms with E-state index in [-0.39, 0.29) is 19.0 Å². The summed E-state index contributed by atoms with van der Waals surface area (Å²) in [5.74, 6) is -0.149. The molecule has 2 aromatic carbocycles. The van der Waals surface area contributed by atoms with E-state index in [1.165, 1.54) is 5.56 Å². The topological polar surface area (TPSA) is 86.2 Å². The molecule has 0 amide bonds. The monoisotopic (exact) mass is 344 g/mol. The minimum absolute atomic E-state index is 0.149. The molecule has 2 aromatic rings. The van der Waals surface area contributed by atoms with Crippen molar-refractivity contribution in [2.75, 3.05) is 13.1 Å². The molecule has 0 aromatic heterocycles. The molecule has 0 saturated heterocycles.